The van der Waals surface area contributed by atoms with E-state index in [-0.39, 0.29) is 17.9 Å². The Hall–Kier alpha value is -2.95. The number of benzene rings is 2. The molecule has 2 aromatic carbocycles. The number of methoxy groups -OCH3 is 1. The summed E-state index contributed by atoms with van der Waals surface area (Å²) in [4.78, 5) is 24.4. The largest absolute Gasteiger partial charge is 0.465 e. The van der Waals surface area contributed by atoms with Crippen LogP contribution >= 0.6 is 0 Å². The first-order valence-electron chi connectivity index (χ1n) is 6.83. The maximum absolute atomic E-state index is 12.5. The van der Waals surface area contributed by atoms with Crippen LogP contribution in [-0.2, 0) is 11.2 Å². The molecule has 5 nitrogen and oxygen atoms in total. The molecule has 0 unspecified atom stereocenters. The predicted octanol–water partition coefficient (Wildman–Crippen LogP) is 2.77. The zero-order valence-corrected chi connectivity index (χ0v) is 12.0. The number of hydrogen-bond donors (Lipinski definition) is 1. The topological polar surface area (TPSA) is 72.1 Å². The molecule has 0 aliphatic rings. The maximum atomic E-state index is 12.5. The lowest BCUT2D eigenvalue weighted by Gasteiger charge is -2.03. The molecule has 0 atom stereocenters. The Bertz CT molecular complexity index is 837. The van der Waals surface area contributed by atoms with Gasteiger partial charge in [0.1, 0.15) is 5.69 Å². The van der Waals surface area contributed by atoms with Crippen LogP contribution in [0.4, 0.5) is 0 Å². The standard InChI is InChI=1S/C17H14N2O3/c1-22-17(21)12-8-5-9-13-15(12)16(19-18-13)14(20)10-11-6-3-2-4-7-11/h2-9H,10H2,1H3,(H,18,19). The number of aromatic nitrogens is 2. The summed E-state index contributed by atoms with van der Waals surface area (Å²) in [5.41, 5.74) is 2.14. The van der Waals surface area contributed by atoms with E-state index in [1.165, 1.54) is 7.11 Å². The van der Waals surface area contributed by atoms with E-state index >= 15 is 0 Å². The van der Waals surface area contributed by atoms with Gasteiger partial charge in [0, 0.05) is 11.8 Å². The van der Waals surface area contributed by atoms with E-state index in [4.69, 9.17) is 4.74 Å². The summed E-state index contributed by atoms with van der Waals surface area (Å²) in [6, 6.07) is 14.5. The van der Waals surface area contributed by atoms with E-state index in [9.17, 15) is 9.59 Å². The van der Waals surface area contributed by atoms with Gasteiger partial charge in [-0.05, 0) is 17.7 Å². The third-order valence-corrected chi connectivity index (χ3v) is 3.47. The molecule has 0 aliphatic heterocycles. The lowest BCUT2D eigenvalue weighted by atomic mass is 10.0. The quantitative estimate of drug-likeness (QED) is 0.593. The number of esters is 1. The molecule has 0 spiro atoms. The summed E-state index contributed by atoms with van der Waals surface area (Å²) in [6.07, 6.45) is 0.232. The van der Waals surface area contributed by atoms with Crippen LogP contribution in [0.5, 0.6) is 0 Å². The van der Waals surface area contributed by atoms with Gasteiger partial charge in [-0.2, -0.15) is 5.10 Å². The number of carbonyl (C=O) groups is 2. The van der Waals surface area contributed by atoms with E-state index in [1.54, 1.807) is 18.2 Å². The second-order valence-electron chi connectivity index (χ2n) is 4.88. The lowest BCUT2D eigenvalue weighted by molar-refractivity contribution is 0.0603. The molecule has 0 bridgehead atoms. The number of hydrogen-bond acceptors (Lipinski definition) is 4. The van der Waals surface area contributed by atoms with Crippen LogP contribution in [0, 0.1) is 0 Å². The molecule has 0 aliphatic carbocycles. The fourth-order valence-corrected chi connectivity index (χ4v) is 2.42. The first-order valence-corrected chi connectivity index (χ1v) is 6.83. The maximum Gasteiger partial charge on any atom is 0.338 e. The van der Waals surface area contributed by atoms with Crippen molar-refractivity contribution in [3.63, 3.8) is 0 Å². The van der Waals surface area contributed by atoms with Gasteiger partial charge in [-0.15, -0.1) is 0 Å². The van der Waals surface area contributed by atoms with E-state index in [2.05, 4.69) is 10.2 Å². The predicted molar refractivity (Wildman–Crippen MR) is 81.9 cm³/mol. The Morgan fingerprint density at radius 1 is 1.09 bits per heavy atom. The van der Waals surface area contributed by atoms with Crippen molar-refractivity contribution in [2.24, 2.45) is 0 Å². The van der Waals surface area contributed by atoms with Gasteiger partial charge in [0.05, 0.1) is 18.2 Å². The number of Topliss-reactive ketones (excluding diaryl/α,β-unsaturated/α-hetero) is 1. The average Bonchev–Trinajstić information content (AvgIpc) is 2.99. The van der Waals surface area contributed by atoms with Gasteiger partial charge < -0.3 is 4.74 Å². The number of nitrogens with one attached hydrogen (secondary N) is 1. The molecule has 0 fully saturated rings. The van der Waals surface area contributed by atoms with E-state index in [0.29, 0.717) is 16.5 Å². The van der Waals surface area contributed by atoms with Crippen LogP contribution in [0.25, 0.3) is 10.9 Å². The number of aromatic amines is 1. The van der Waals surface area contributed by atoms with Crippen molar-refractivity contribution in [2.75, 3.05) is 7.11 Å². The van der Waals surface area contributed by atoms with Crippen molar-refractivity contribution in [3.8, 4) is 0 Å². The Morgan fingerprint density at radius 3 is 2.59 bits per heavy atom. The van der Waals surface area contributed by atoms with Gasteiger partial charge >= 0.3 is 5.97 Å². The zero-order valence-electron chi connectivity index (χ0n) is 12.0. The summed E-state index contributed by atoms with van der Waals surface area (Å²) in [5.74, 6) is -0.630. The second kappa shape index (κ2) is 5.81. The van der Waals surface area contributed by atoms with Crippen LogP contribution in [0.1, 0.15) is 26.4 Å². The van der Waals surface area contributed by atoms with Crippen LogP contribution < -0.4 is 0 Å². The lowest BCUT2D eigenvalue weighted by Crippen LogP contribution is -2.08. The normalized spacial score (nSPS) is 10.6. The van der Waals surface area contributed by atoms with Crippen molar-refractivity contribution in [3.05, 3.63) is 65.4 Å². The third-order valence-electron chi connectivity index (χ3n) is 3.47. The molecular formula is C17H14N2O3. The van der Waals surface area contributed by atoms with Crippen molar-refractivity contribution in [1.29, 1.82) is 0 Å². The molecular weight excluding hydrogens is 280 g/mol. The van der Waals surface area contributed by atoms with Gasteiger partial charge in [-0.3, -0.25) is 9.89 Å². The minimum Gasteiger partial charge on any atom is -0.465 e. The smallest absolute Gasteiger partial charge is 0.338 e. The molecule has 0 amide bonds. The minimum atomic E-state index is -0.485. The number of H-pyrrole nitrogens is 1. The first kappa shape index (κ1) is 14.0. The Balaban J connectivity index is 2.04. The molecule has 3 rings (SSSR count). The number of carbonyl (C=O) groups excluding carboxylic acids is 2. The summed E-state index contributed by atoms with van der Waals surface area (Å²) in [7, 11) is 1.31. The zero-order chi connectivity index (χ0) is 15.5. The first-order chi connectivity index (χ1) is 10.7. The Morgan fingerprint density at radius 2 is 1.86 bits per heavy atom. The third kappa shape index (κ3) is 2.48. The second-order valence-corrected chi connectivity index (χ2v) is 4.88. The van der Waals surface area contributed by atoms with Crippen LogP contribution in [0.15, 0.2) is 48.5 Å². The highest BCUT2D eigenvalue weighted by atomic mass is 16.5. The van der Waals surface area contributed by atoms with Crippen LogP contribution in [0.2, 0.25) is 0 Å². The number of ketones is 1. The van der Waals surface area contributed by atoms with Gasteiger partial charge in [0.2, 0.25) is 0 Å². The molecule has 1 N–H and O–H groups in total. The highest BCUT2D eigenvalue weighted by Gasteiger charge is 2.20. The molecule has 0 saturated carbocycles. The van der Waals surface area contributed by atoms with Crippen molar-refractivity contribution < 1.29 is 14.3 Å². The van der Waals surface area contributed by atoms with E-state index < -0.39 is 5.97 Å². The van der Waals surface area contributed by atoms with Crippen LogP contribution in [-0.4, -0.2) is 29.1 Å². The molecule has 1 aromatic heterocycles. The van der Waals surface area contributed by atoms with Gasteiger partial charge in [0.25, 0.3) is 0 Å². The van der Waals surface area contributed by atoms with Crippen LogP contribution in [0.3, 0.4) is 0 Å². The fourth-order valence-electron chi connectivity index (χ4n) is 2.42. The number of fused-ring (bicyclic) bond motifs is 1. The highest BCUT2D eigenvalue weighted by Crippen LogP contribution is 2.22. The van der Waals surface area contributed by atoms with E-state index in [1.807, 2.05) is 30.3 Å². The van der Waals surface area contributed by atoms with Gasteiger partial charge in [-0.25, -0.2) is 4.79 Å². The highest BCUT2D eigenvalue weighted by molar-refractivity contribution is 6.13. The van der Waals surface area contributed by atoms with Gasteiger partial charge in [-0.1, -0.05) is 36.4 Å². The molecule has 110 valence electrons. The fraction of sp³-hybridized carbons (Fsp3) is 0.118. The number of rotatable bonds is 4. The minimum absolute atomic E-state index is 0.145. The molecule has 0 radical (unpaired) electrons. The average molecular weight is 294 g/mol. The summed E-state index contributed by atoms with van der Waals surface area (Å²) in [6.45, 7) is 0. The molecule has 1 heterocycles. The van der Waals surface area contributed by atoms with E-state index in [0.717, 1.165) is 5.56 Å². The number of ether oxygens (including phenoxy) is 1. The SMILES string of the molecule is COC(=O)c1cccc2[nH]nc(C(=O)Cc3ccccc3)c12. The monoisotopic (exact) mass is 294 g/mol. The molecule has 0 saturated heterocycles. The Kier molecular flexibility index (Phi) is 3.70. The number of nitrogens with zero attached hydrogens (tertiary/aromatic N) is 1. The van der Waals surface area contributed by atoms with Crippen molar-refractivity contribution in [2.45, 2.75) is 6.42 Å². The Labute approximate surface area is 126 Å². The summed E-state index contributed by atoms with van der Waals surface area (Å²) in [5, 5.41) is 7.39. The van der Waals surface area contributed by atoms with Gasteiger partial charge in [0.15, 0.2) is 5.78 Å². The van der Waals surface area contributed by atoms with Crippen molar-refractivity contribution in [1.82, 2.24) is 10.2 Å². The molecule has 5 heteroatoms. The molecule has 22 heavy (non-hydrogen) atoms. The summed E-state index contributed by atoms with van der Waals surface area (Å²) < 4.78 is 4.77. The molecule has 3 aromatic rings. The summed E-state index contributed by atoms with van der Waals surface area (Å²) >= 11 is 0. The van der Waals surface area contributed by atoms with Crippen molar-refractivity contribution >= 4 is 22.7 Å².